The van der Waals surface area contributed by atoms with Gasteiger partial charge in [-0.15, -0.1) is 0 Å². The first kappa shape index (κ1) is 12.4. The molecule has 0 aliphatic heterocycles. The lowest BCUT2D eigenvalue weighted by atomic mass is 10.1. The van der Waals surface area contributed by atoms with E-state index < -0.39 is 0 Å². The topological polar surface area (TPSA) is 34.0 Å². The highest BCUT2D eigenvalue weighted by molar-refractivity contribution is 5.26. The Morgan fingerprint density at radius 3 is 2.65 bits per heavy atom. The summed E-state index contributed by atoms with van der Waals surface area (Å²) >= 11 is 0. The van der Waals surface area contributed by atoms with Gasteiger partial charge < -0.3 is 9.88 Å². The smallest absolute Gasteiger partial charge is 0.255 e. The van der Waals surface area contributed by atoms with Crippen LogP contribution in [-0.4, -0.2) is 10.6 Å². The summed E-state index contributed by atoms with van der Waals surface area (Å²) in [6, 6.07) is 2.70. The summed E-state index contributed by atoms with van der Waals surface area (Å²) in [7, 11) is 1.84. The molecule has 0 radical (unpaired) electrons. The number of nitrogens with one attached hydrogen (secondary N) is 1. The first-order valence-corrected chi connectivity index (χ1v) is 6.49. The molecule has 0 atom stereocenters. The fourth-order valence-electron chi connectivity index (χ4n) is 2.62. The second kappa shape index (κ2) is 5.05. The number of aromatic nitrogens is 1. The van der Waals surface area contributed by atoms with Crippen LogP contribution in [0.2, 0.25) is 0 Å². The molecular formula is C14H22N2O. The molecule has 1 aromatic rings. The van der Waals surface area contributed by atoms with Crippen LogP contribution >= 0.6 is 0 Å². The lowest BCUT2D eigenvalue weighted by molar-refractivity contribution is 0.519. The Labute approximate surface area is 103 Å². The Morgan fingerprint density at radius 1 is 1.35 bits per heavy atom. The van der Waals surface area contributed by atoms with Gasteiger partial charge in [0.2, 0.25) is 0 Å². The molecule has 0 unspecified atom stereocenters. The molecule has 0 bridgehead atoms. The summed E-state index contributed by atoms with van der Waals surface area (Å²) in [4.78, 5) is 12.1. The zero-order chi connectivity index (χ0) is 12.4. The van der Waals surface area contributed by atoms with E-state index in [9.17, 15) is 4.79 Å². The van der Waals surface area contributed by atoms with Gasteiger partial charge in [0.05, 0.1) is 0 Å². The van der Waals surface area contributed by atoms with Crippen molar-refractivity contribution >= 4 is 0 Å². The largest absolute Gasteiger partial charge is 0.316 e. The van der Waals surface area contributed by atoms with Gasteiger partial charge in [0.1, 0.15) is 0 Å². The molecular weight excluding hydrogens is 212 g/mol. The Balaban J connectivity index is 2.15. The molecule has 1 fully saturated rings. The van der Waals surface area contributed by atoms with Crippen LogP contribution < -0.4 is 10.9 Å². The van der Waals surface area contributed by atoms with E-state index in [1.165, 1.54) is 25.7 Å². The molecule has 1 aliphatic carbocycles. The van der Waals surface area contributed by atoms with Crippen molar-refractivity contribution in [3.05, 3.63) is 33.2 Å². The monoisotopic (exact) mass is 234 g/mol. The van der Waals surface area contributed by atoms with Gasteiger partial charge in [0, 0.05) is 30.9 Å². The van der Waals surface area contributed by atoms with E-state index in [0.29, 0.717) is 12.6 Å². The minimum atomic E-state index is 0.146. The van der Waals surface area contributed by atoms with Gasteiger partial charge in [-0.1, -0.05) is 12.8 Å². The summed E-state index contributed by atoms with van der Waals surface area (Å²) in [5.41, 5.74) is 3.20. The maximum absolute atomic E-state index is 12.1. The SMILES string of the molecule is Cc1cc(C)n(C)c(=O)c1CNC1CCCC1. The maximum Gasteiger partial charge on any atom is 0.255 e. The van der Waals surface area contributed by atoms with E-state index in [1.54, 1.807) is 4.57 Å². The highest BCUT2D eigenvalue weighted by Crippen LogP contribution is 2.18. The van der Waals surface area contributed by atoms with E-state index in [0.717, 1.165) is 16.8 Å². The van der Waals surface area contributed by atoms with E-state index in [2.05, 4.69) is 11.4 Å². The molecule has 1 saturated carbocycles. The Kier molecular flexibility index (Phi) is 3.67. The molecule has 17 heavy (non-hydrogen) atoms. The lowest BCUT2D eigenvalue weighted by Crippen LogP contribution is -2.32. The third kappa shape index (κ3) is 2.60. The molecule has 1 N–H and O–H groups in total. The van der Waals surface area contributed by atoms with Crippen LogP contribution in [0.15, 0.2) is 10.9 Å². The van der Waals surface area contributed by atoms with Gasteiger partial charge in [-0.3, -0.25) is 4.79 Å². The predicted molar refractivity (Wildman–Crippen MR) is 70.3 cm³/mol. The molecule has 0 saturated heterocycles. The number of rotatable bonds is 3. The molecule has 1 heterocycles. The average Bonchev–Trinajstić information content (AvgIpc) is 2.79. The third-order valence-corrected chi connectivity index (χ3v) is 3.92. The molecule has 1 aliphatic rings. The number of aryl methyl sites for hydroxylation is 2. The predicted octanol–water partition coefficient (Wildman–Crippen LogP) is 2.03. The fraction of sp³-hybridized carbons (Fsp3) is 0.643. The zero-order valence-electron chi connectivity index (χ0n) is 11.0. The van der Waals surface area contributed by atoms with Gasteiger partial charge in [0.15, 0.2) is 0 Å². The van der Waals surface area contributed by atoms with Crippen molar-refractivity contribution in [2.75, 3.05) is 0 Å². The van der Waals surface area contributed by atoms with Crippen LogP contribution in [0.3, 0.4) is 0 Å². The van der Waals surface area contributed by atoms with Crippen molar-refractivity contribution < 1.29 is 0 Å². The summed E-state index contributed by atoms with van der Waals surface area (Å²) in [5, 5.41) is 3.51. The van der Waals surface area contributed by atoms with Gasteiger partial charge in [0.25, 0.3) is 5.56 Å². The Hall–Kier alpha value is -1.09. The third-order valence-electron chi connectivity index (χ3n) is 3.92. The van der Waals surface area contributed by atoms with Crippen LogP contribution in [0.25, 0.3) is 0 Å². The fourth-order valence-corrected chi connectivity index (χ4v) is 2.62. The molecule has 0 spiro atoms. The molecule has 3 heteroatoms. The van der Waals surface area contributed by atoms with Crippen LogP contribution in [-0.2, 0) is 13.6 Å². The Bertz CT molecular complexity index is 456. The van der Waals surface area contributed by atoms with Crippen LogP contribution in [0, 0.1) is 13.8 Å². The van der Waals surface area contributed by atoms with E-state index >= 15 is 0 Å². The quantitative estimate of drug-likeness (QED) is 0.868. The van der Waals surface area contributed by atoms with Crippen LogP contribution in [0.5, 0.6) is 0 Å². The second-order valence-electron chi connectivity index (χ2n) is 5.17. The molecule has 94 valence electrons. The minimum Gasteiger partial charge on any atom is -0.316 e. The molecule has 0 aromatic carbocycles. The van der Waals surface area contributed by atoms with Crippen LogP contribution in [0.4, 0.5) is 0 Å². The summed E-state index contributed by atoms with van der Waals surface area (Å²) in [6.07, 6.45) is 5.15. The zero-order valence-corrected chi connectivity index (χ0v) is 11.0. The molecule has 1 aromatic heterocycles. The first-order chi connectivity index (χ1) is 8.09. The number of hydrogen-bond acceptors (Lipinski definition) is 2. The molecule has 0 amide bonds. The van der Waals surface area contributed by atoms with Crippen molar-refractivity contribution in [2.24, 2.45) is 7.05 Å². The van der Waals surface area contributed by atoms with Crippen molar-refractivity contribution in [3.8, 4) is 0 Å². The second-order valence-corrected chi connectivity index (χ2v) is 5.17. The lowest BCUT2D eigenvalue weighted by Gasteiger charge is -2.14. The van der Waals surface area contributed by atoms with Crippen molar-refractivity contribution in [3.63, 3.8) is 0 Å². The number of hydrogen-bond donors (Lipinski definition) is 1. The average molecular weight is 234 g/mol. The summed E-state index contributed by atoms with van der Waals surface area (Å²) in [6.45, 7) is 4.71. The summed E-state index contributed by atoms with van der Waals surface area (Å²) in [5.74, 6) is 0. The summed E-state index contributed by atoms with van der Waals surface area (Å²) < 4.78 is 1.73. The standard InChI is InChI=1S/C14H22N2O/c1-10-8-11(2)16(3)14(17)13(10)9-15-12-6-4-5-7-12/h8,12,15H,4-7,9H2,1-3H3. The van der Waals surface area contributed by atoms with Crippen molar-refractivity contribution in [2.45, 2.75) is 52.1 Å². The molecule has 3 nitrogen and oxygen atoms in total. The normalized spacial score (nSPS) is 16.6. The first-order valence-electron chi connectivity index (χ1n) is 6.49. The van der Waals surface area contributed by atoms with Gasteiger partial charge in [-0.25, -0.2) is 0 Å². The Morgan fingerprint density at radius 2 is 2.00 bits per heavy atom. The number of nitrogens with zero attached hydrogens (tertiary/aromatic N) is 1. The highest BCUT2D eigenvalue weighted by atomic mass is 16.1. The van der Waals surface area contributed by atoms with E-state index in [-0.39, 0.29) is 5.56 Å². The highest BCUT2D eigenvalue weighted by Gasteiger charge is 2.15. The van der Waals surface area contributed by atoms with E-state index in [1.807, 2.05) is 20.9 Å². The van der Waals surface area contributed by atoms with Gasteiger partial charge >= 0.3 is 0 Å². The maximum atomic E-state index is 12.1. The minimum absolute atomic E-state index is 0.146. The van der Waals surface area contributed by atoms with Gasteiger partial charge in [-0.05, 0) is 38.3 Å². The molecule has 2 rings (SSSR count). The van der Waals surface area contributed by atoms with Crippen molar-refractivity contribution in [1.82, 2.24) is 9.88 Å². The van der Waals surface area contributed by atoms with Gasteiger partial charge in [-0.2, -0.15) is 0 Å². The van der Waals surface area contributed by atoms with Crippen LogP contribution in [0.1, 0.15) is 42.5 Å². The number of pyridine rings is 1. The van der Waals surface area contributed by atoms with Crippen molar-refractivity contribution in [1.29, 1.82) is 0 Å². The van der Waals surface area contributed by atoms with E-state index in [4.69, 9.17) is 0 Å².